The third kappa shape index (κ3) is 3.11. The highest BCUT2D eigenvalue weighted by Gasteiger charge is 2.29. The molecule has 4 heteroatoms. The summed E-state index contributed by atoms with van der Waals surface area (Å²) in [5.41, 5.74) is 2.37. The van der Waals surface area contributed by atoms with Gasteiger partial charge in [-0.05, 0) is 42.5 Å². The summed E-state index contributed by atoms with van der Waals surface area (Å²) in [6, 6.07) is 17.7. The molecule has 3 aromatic rings. The minimum atomic E-state index is 0.115. The summed E-state index contributed by atoms with van der Waals surface area (Å²) in [6.07, 6.45) is 3.23. The third-order valence-corrected chi connectivity index (χ3v) is 4.37. The maximum atomic E-state index is 9.47. The van der Waals surface area contributed by atoms with Gasteiger partial charge in [-0.3, -0.25) is 5.10 Å². The van der Waals surface area contributed by atoms with Crippen molar-refractivity contribution in [1.82, 2.24) is 15.2 Å². The Labute approximate surface area is 135 Å². The van der Waals surface area contributed by atoms with Crippen LogP contribution in [0.1, 0.15) is 47.5 Å². The van der Waals surface area contributed by atoms with Gasteiger partial charge in [-0.1, -0.05) is 42.5 Å². The number of aromatic hydroxyl groups is 1. The van der Waals surface area contributed by atoms with E-state index < -0.39 is 0 Å². The molecule has 1 aromatic heterocycles. The van der Waals surface area contributed by atoms with Crippen LogP contribution in [0.2, 0.25) is 0 Å². The molecule has 1 saturated carbocycles. The zero-order valence-electron chi connectivity index (χ0n) is 12.8. The van der Waals surface area contributed by atoms with Crippen LogP contribution >= 0.6 is 0 Å². The molecule has 116 valence electrons. The Balaban J connectivity index is 1.66. The highest BCUT2D eigenvalue weighted by Crippen LogP contribution is 2.38. The molecule has 2 aromatic carbocycles. The molecule has 1 aliphatic carbocycles. The van der Waals surface area contributed by atoms with Crippen LogP contribution < -0.4 is 0 Å². The zero-order chi connectivity index (χ0) is 15.6. The molecule has 1 aliphatic rings. The molecule has 1 fully saturated rings. The van der Waals surface area contributed by atoms with Crippen molar-refractivity contribution in [2.24, 2.45) is 0 Å². The van der Waals surface area contributed by atoms with Crippen LogP contribution in [0.3, 0.4) is 0 Å². The summed E-state index contributed by atoms with van der Waals surface area (Å²) >= 11 is 0. The Bertz CT molecular complexity index is 776. The van der Waals surface area contributed by atoms with E-state index in [1.807, 2.05) is 30.3 Å². The highest BCUT2D eigenvalue weighted by molar-refractivity contribution is 5.32. The van der Waals surface area contributed by atoms with Gasteiger partial charge < -0.3 is 5.11 Å². The number of hydrogen-bond donors (Lipinski definition) is 2. The number of nitrogens with zero attached hydrogens (tertiary/aromatic N) is 2. The summed E-state index contributed by atoms with van der Waals surface area (Å²) in [7, 11) is 0. The van der Waals surface area contributed by atoms with Crippen LogP contribution in [-0.4, -0.2) is 20.3 Å². The number of nitrogens with one attached hydrogen (secondary N) is 1. The van der Waals surface area contributed by atoms with Crippen molar-refractivity contribution in [3.63, 3.8) is 0 Å². The van der Waals surface area contributed by atoms with Gasteiger partial charge in [-0.2, -0.15) is 5.10 Å². The summed E-state index contributed by atoms with van der Waals surface area (Å²) in [5.74, 6) is 2.85. The first kappa shape index (κ1) is 14.0. The summed E-state index contributed by atoms with van der Waals surface area (Å²) in [4.78, 5) is 4.75. The van der Waals surface area contributed by atoms with E-state index in [-0.39, 0.29) is 5.92 Å². The Morgan fingerprint density at radius 1 is 1.04 bits per heavy atom. The molecule has 2 N–H and O–H groups in total. The van der Waals surface area contributed by atoms with E-state index in [2.05, 4.69) is 22.3 Å². The molecule has 0 spiro atoms. The lowest BCUT2D eigenvalue weighted by molar-refractivity contribution is 0.475. The molecule has 4 nitrogen and oxygen atoms in total. The normalized spacial score (nSPS) is 15.5. The first-order chi connectivity index (χ1) is 11.3. The van der Waals surface area contributed by atoms with E-state index >= 15 is 0 Å². The van der Waals surface area contributed by atoms with Crippen LogP contribution in [0.25, 0.3) is 0 Å². The number of H-pyrrole nitrogens is 1. The van der Waals surface area contributed by atoms with Gasteiger partial charge in [0.05, 0.1) is 0 Å². The average Bonchev–Trinajstić information content (AvgIpc) is 3.33. The van der Waals surface area contributed by atoms with Gasteiger partial charge in [-0.25, -0.2) is 4.98 Å². The lowest BCUT2D eigenvalue weighted by atomic mass is 9.91. The number of benzene rings is 2. The molecule has 1 atom stereocenters. The van der Waals surface area contributed by atoms with E-state index in [1.54, 1.807) is 12.1 Å². The fourth-order valence-corrected chi connectivity index (χ4v) is 2.89. The Morgan fingerprint density at radius 3 is 2.48 bits per heavy atom. The zero-order valence-corrected chi connectivity index (χ0v) is 12.8. The molecule has 0 unspecified atom stereocenters. The van der Waals surface area contributed by atoms with Gasteiger partial charge in [-0.15, -0.1) is 0 Å². The first-order valence-electron chi connectivity index (χ1n) is 8.04. The molecule has 0 radical (unpaired) electrons. The molecule has 0 saturated heterocycles. The van der Waals surface area contributed by atoms with Gasteiger partial charge >= 0.3 is 0 Å². The number of aromatic nitrogens is 3. The van der Waals surface area contributed by atoms with Crippen LogP contribution in [0.15, 0.2) is 54.6 Å². The molecule has 0 aliphatic heterocycles. The number of phenolic OH excluding ortho intramolecular Hbond substituents is 1. The molecular weight excluding hydrogens is 286 g/mol. The smallest absolute Gasteiger partial charge is 0.158 e. The van der Waals surface area contributed by atoms with Gasteiger partial charge in [0.15, 0.2) is 5.82 Å². The van der Waals surface area contributed by atoms with Crippen LogP contribution in [0.4, 0.5) is 0 Å². The van der Waals surface area contributed by atoms with Crippen molar-refractivity contribution >= 4 is 0 Å². The van der Waals surface area contributed by atoms with Crippen molar-refractivity contribution in [3.05, 3.63) is 77.4 Å². The van der Waals surface area contributed by atoms with Gasteiger partial charge in [0.1, 0.15) is 11.6 Å². The Hall–Kier alpha value is -2.62. The summed E-state index contributed by atoms with van der Waals surface area (Å²) < 4.78 is 0. The van der Waals surface area contributed by atoms with E-state index in [1.165, 1.54) is 18.4 Å². The number of hydrogen-bond acceptors (Lipinski definition) is 3. The second-order valence-corrected chi connectivity index (χ2v) is 6.19. The van der Waals surface area contributed by atoms with Crippen molar-refractivity contribution < 1.29 is 5.11 Å². The standard InChI is InChI=1S/C19H19N3O/c23-16-10-6-13(7-11-16)12-17(14-4-2-1-3-5-14)19-20-18(21-22-19)15-8-9-15/h1-7,10-11,15,17,23H,8-9,12H2,(H,20,21,22)/t17-/m1/s1. The summed E-state index contributed by atoms with van der Waals surface area (Å²) in [5, 5.41) is 17.1. The van der Waals surface area contributed by atoms with Crippen LogP contribution in [0, 0.1) is 0 Å². The Morgan fingerprint density at radius 2 is 1.78 bits per heavy atom. The fourth-order valence-electron chi connectivity index (χ4n) is 2.89. The van der Waals surface area contributed by atoms with E-state index in [0.29, 0.717) is 11.7 Å². The number of aromatic amines is 1. The van der Waals surface area contributed by atoms with Crippen molar-refractivity contribution in [2.75, 3.05) is 0 Å². The largest absolute Gasteiger partial charge is 0.508 e. The SMILES string of the molecule is Oc1ccc(C[C@H](c2ccccc2)c2n[nH]c(C3CC3)n2)cc1. The molecule has 0 amide bonds. The molecular formula is C19H19N3O. The second-order valence-electron chi connectivity index (χ2n) is 6.19. The van der Waals surface area contributed by atoms with Crippen LogP contribution in [-0.2, 0) is 6.42 Å². The average molecular weight is 305 g/mol. The lowest BCUT2D eigenvalue weighted by Crippen LogP contribution is -2.07. The highest BCUT2D eigenvalue weighted by atomic mass is 16.3. The van der Waals surface area contributed by atoms with Gasteiger partial charge in [0.2, 0.25) is 0 Å². The molecule has 1 heterocycles. The second kappa shape index (κ2) is 5.88. The molecule has 23 heavy (non-hydrogen) atoms. The third-order valence-electron chi connectivity index (χ3n) is 4.37. The van der Waals surface area contributed by atoms with Crippen LogP contribution in [0.5, 0.6) is 5.75 Å². The minimum absolute atomic E-state index is 0.115. The fraction of sp³-hybridized carbons (Fsp3) is 0.263. The first-order valence-corrected chi connectivity index (χ1v) is 8.04. The number of rotatable bonds is 5. The minimum Gasteiger partial charge on any atom is -0.508 e. The monoisotopic (exact) mass is 305 g/mol. The molecule has 0 bridgehead atoms. The predicted molar refractivity (Wildman–Crippen MR) is 88.5 cm³/mol. The van der Waals surface area contributed by atoms with Crippen molar-refractivity contribution in [2.45, 2.75) is 31.1 Å². The van der Waals surface area contributed by atoms with Crippen molar-refractivity contribution in [1.29, 1.82) is 0 Å². The number of phenols is 1. The van der Waals surface area contributed by atoms with E-state index in [4.69, 9.17) is 4.98 Å². The van der Waals surface area contributed by atoms with Crippen molar-refractivity contribution in [3.8, 4) is 5.75 Å². The maximum absolute atomic E-state index is 9.47. The Kier molecular flexibility index (Phi) is 3.58. The molecule has 4 rings (SSSR count). The van der Waals surface area contributed by atoms with Gasteiger partial charge in [0, 0.05) is 11.8 Å². The van der Waals surface area contributed by atoms with E-state index in [0.717, 1.165) is 23.6 Å². The summed E-state index contributed by atoms with van der Waals surface area (Å²) in [6.45, 7) is 0. The maximum Gasteiger partial charge on any atom is 0.158 e. The topological polar surface area (TPSA) is 61.8 Å². The van der Waals surface area contributed by atoms with E-state index in [9.17, 15) is 5.11 Å². The lowest BCUT2D eigenvalue weighted by Gasteiger charge is -2.14. The quantitative estimate of drug-likeness (QED) is 0.754. The van der Waals surface area contributed by atoms with Gasteiger partial charge in [0.25, 0.3) is 0 Å². The predicted octanol–water partition coefficient (Wildman–Crippen LogP) is 3.76.